The lowest BCUT2D eigenvalue weighted by molar-refractivity contribution is 0.0934. The molecule has 1 aromatic heterocycles. The molecular formula is C15H17FN4O. The normalized spacial score (nSPS) is 15.0. The number of hydrogen-bond donors (Lipinski definition) is 2. The summed E-state index contributed by atoms with van der Waals surface area (Å²) >= 11 is 0. The van der Waals surface area contributed by atoms with Crippen LogP contribution in [0, 0.1) is 5.82 Å². The predicted octanol–water partition coefficient (Wildman–Crippen LogP) is 2.33. The van der Waals surface area contributed by atoms with E-state index in [9.17, 15) is 9.18 Å². The molecule has 3 rings (SSSR count). The number of rotatable bonds is 3. The molecule has 0 spiro atoms. The Kier molecular flexibility index (Phi) is 3.60. The summed E-state index contributed by atoms with van der Waals surface area (Å²) in [6.45, 7) is 3.47. The maximum atomic E-state index is 13.7. The number of benzene rings is 1. The molecule has 2 N–H and O–H groups in total. The number of amides is 1. The van der Waals surface area contributed by atoms with Gasteiger partial charge in [-0.25, -0.2) is 9.37 Å². The summed E-state index contributed by atoms with van der Waals surface area (Å²) in [5.41, 5.74) is 0.815. The van der Waals surface area contributed by atoms with E-state index in [2.05, 4.69) is 15.6 Å². The Bertz CT molecular complexity index is 644. The molecule has 2 heterocycles. The van der Waals surface area contributed by atoms with Gasteiger partial charge in [0.2, 0.25) is 5.95 Å². The Morgan fingerprint density at radius 3 is 3.05 bits per heavy atom. The van der Waals surface area contributed by atoms with E-state index in [1.165, 1.54) is 6.07 Å². The smallest absolute Gasteiger partial charge is 0.272 e. The molecule has 5 nitrogen and oxygen atoms in total. The van der Waals surface area contributed by atoms with Crippen molar-refractivity contribution in [2.24, 2.45) is 0 Å². The Morgan fingerprint density at radius 2 is 2.29 bits per heavy atom. The first kappa shape index (κ1) is 13.6. The van der Waals surface area contributed by atoms with E-state index in [0.29, 0.717) is 17.2 Å². The van der Waals surface area contributed by atoms with E-state index in [0.717, 1.165) is 19.5 Å². The zero-order chi connectivity index (χ0) is 14.8. The van der Waals surface area contributed by atoms with Gasteiger partial charge in [0.1, 0.15) is 11.5 Å². The van der Waals surface area contributed by atoms with E-state index in [4.69, 9.17) is 0 Å². The topological polar surface area (TPSA) is 59.0 Å². The quantitative estimate of drug-likeness (QED) is 0.911. The molecule has 1 atom stereocenters. The van der Waals surface area contributed by atoms with Crippen molar-refractivity contribution in [2.45, 2.75) is 25.9 Å². The van der Waals surface area contributed by atoms with E-state index in [1.54, 1.807) is 31.3 Å². The molecule has 21 heavy (non-hydrogen) atoms. The summed E-state index contributed by atoms with van der Waals surface area (Å²) in [6, 6.07) is 6.02. The van der Waals surface area contributed by atoms with Gasteiger partial charge in [-0.2, -0.15) is 0 Å². The van der Waals surface area contributed by atoms with E-state index >= 15 is 0 Å². The lowest BCUT2D eigenvalue weighted by Crippen LogP contribution is -2.27. The molecule has 0 fully saturated rings. The van der Waals surface area contributed by atoms with Gasteiger partial charge in [-0.05, 0) is 19.4 Å². The lowest BCUT2D eigenvalue weighted by atomic mass is 10.1. The van der Waals surface area contributed by atoms with Crippen molar-refractivity contribution in [3.8, 4) is 0 Å². The number of aromatic nitrogens is 2. The number of fused-ring (bicyclic) bond motifs is 1. The number of imidazole rings is 1. The number of anilines is 1. The number of halogens is 1. The minimum Gasteiger partial charge on any atom is -0.356 e. The first-order valence-corrected chi connectivity index (χ1v) is 7.01. The van der Waals surface area contributed by atoms with E-state index in [1.807, 2.05) is 4.57 Å². The highest BCUT2D eigenvalue weighted by Crippen LogP contribution is 2.18. The molecule has 1 unspecified atom stereocenters. The Labute approximate surface area is 122 Å². The van der Waals surface area contributed by atoms with Crippen LogP contribution < -0.4 is 10.6 Å². The third-order valence-electron chi connectivity index (χ3n) is 3.59. The fourth-order valence-corrected chi connectivity index (χ4v) is 2.46. The van der Waals surface area contributed by atoms with Crippen LogP contribution >= 0.6 is 0 Å². The second-order valence-electron chi connectivity index (χ2n) is 5.14. The third kappa shape index (κ3) is 2.74. The third-order valence-corrected chi connectivity index (χ3v) is 3.59. The highest BCUT2D eigenvalue weighted by atomic mass is 19.1. The molecule has 0 saturated heterocycles. The SMILES string of the molecule is CC(NC(=O)c1cn2c(n1)NCCC2)c1ccccc1F. The largest absolute Gasteiger partial charge is 0.356 e. The minimum absolute atomic E-state index is 0.297. The fraction of sp³-hybridized carbons (Fsp3) is 0.333. The van der Waals surface area contributed by atoms with Gasteiger partial charge >= 0.3 is 0 Å². The second-order valence-corrected chi connectivity index (χ2v) is 5.14. The van der Waals surface area contributed by atoms with Crippen LogP contribution in [-0.4, -0.2) is 22.0 Å². The van der Waals surface area contributed by atoms with Gasteiger partial charge in [-0.1, -0.05) is 18.2 Å². The molecule has 2 aromatic rings. The first-order chi connectivity index (χ1) is 10.1. The van der Waals surface area contributed by atoms with Gasteiger partial charge in [0.15, 0.2) is 0 Å². The van der Waals surface area contributed by atoms with Crippen LogP contribution in [0.4, 0.5) is 10.3 Å². The average Bonchev–Trinajstić information content (AvgIpc) is 2.91. The maximum absolute atomic E-state index is 13.7. The van der Waals surface area contributed by atoms with Crippen LogP contribution in [0.15, 0.2) is 30.5 Å². The van der Waals surface area contributed by atoms with Crippen LogP contribution in [-0.2, 0) is 6.54 Å². The highest BCUT2D eigenvalue weighted by Gasteiger charge is 2.19. The minimum atomic E-state index is -0.412. The summed E-state index contributed by atoms with van der Waals surface area (Å²) in [5, 5.41) is 5.92. The highest BCUT2D eigenvalue weighted by molar-refractivity contribution is 5.92. The van der Waals surface area contributed by atoms with Crippen molar-refractivity contribution < 1.29 is 9.18 Å². The van der Waals surface area contributed by atoms with E-state index < -0.39 is 6.04 Å². The lowest BCUT2D eigenvalue weighted by Gasteiger charge is -2.14. The number of nitrogens with one attached hydrogen (secondary N) is 2. The molecule has 1 amide bonds. The average molecular weight is 288 g/mol. The number of aryl methyl sites for hydroxylation is 1. The summed E-state index contributed by atoms with van der Waals surface area (Å²) in [5.74, 6) is 0.0931. The van der Waals surface area contributed by atoms with Crippen LogP contribution in [0.25, 0.3) is 0 Å². The van der Waals surface area contributed by atoms with Crippen molar-refractivity contribution in [3.63, 3.8) is 0 Å². The van der Waals surface area contributed by atoms with Crippen molar-refractivity contribution in [1.29, 1.82) is 0 Å². The summed E-state index contributed by atoms with van der Waals surface area (Å²) in [6.07, 6.45) is 2.74. The summed E-state index contributed by atoms with van der Waals surface area (Å²) in [7, 11) is 0. The Hall–Kier alpha value is -2.37. The molecule has 0 aliphatic carbocycles. The van der Waals surface area contributed by atoms with Gasteiger partial charge < -0.3 is 15.2 Å². The van der Waals surface area contributed by atoms with Crippen molar-refractivity contribution in [3.05, 3.63) is 47.5 Å². The maximum Gasteiger partial charge on any atom is 0.272 e. The van der Waals surface area contributed by atoms with Crippen LogP contribution in [0.2, 0.25) is 0 Å². The van der Waals surface area contributed by atoms with Gasteiger partial charge in [0, 0.05) is 24.8 Å². The van der Waals surface area contributed by atoms with Crippen molar-refractivity contribution in [1.82, 2.24) is 14.9 Å². The predicted molar refractivity (Wildman–Crippen MR) is 77.6 cm³/mol. The van der Waals surface area contributed by atoms with Gasteiger partial charge in [-0.3, -0.25) is 4.79 Å². The number of carbonyl (C=O) groups is 1. The van der Waals surface area contributed by atoms with E-state index in [-0.39, 0.29) is 11.7 Å². The van der Waals surface area contributed by atoms with Crippen LogP contribution in [0.5, 0.6) is 0 Å². The molecule has 6 heteroatoms. The van der Waals surface area contributed by atoms with Crippen molar-refractivity contribution >= 4 is 11.9 Å². The zero-order valence-electron chi connectivity index (χ0n) is 11.8. The molecule has 1 aliphatic rings. The van der Waals surface area contributed by atoms with Gasteiger partial charge in [0.25, 0.3) is 5.91 Å². The first-order valence-electron chi connectivity index (χ1n) is 7.01. The summed E-state index contributed by atoms with van der Waals surface area (Å²) < 4.78 is 15.6. The molecule has 110 valence electrons. The second kappa shape index (κ2) is 5.55. The van der Waals surface area contributed by atoms with Gasteiger partial charge in [-0.15, -0.1) is 0 Å². The molecule has 0 bridgehead atoms. The van der Waals surface area contributed by atoms with Crippen LogP contribution in [0.3, 0.4) is 0 Å². The fourth-order valence-electron chi connectivity index (χ4n) is 2.46. The Balaban J connectivity index is 1.74. The molecular weight excluding hydrogens is 271 g/mol. The number of hydrogen-bond acceptors (Lipinski definition) is 3. The molecule has 0 radical (unpaired) electrons. The Morgan fingerprint density at radius 1 is 1.48 bits per heavy atom. The zero-order valence-corrected chi connectivity index (χ0v) is 11.8. The van der Waals surface area contributed by atoms with Crippen LogP contribution in [0.1, 0.15) is 35.4 Å². The molecule has 0 saturated carbocycles. The summed E-state index contributed by atoms with van der Waals surface area (Å²) in [4.78, 5) is 16.5. The molecule has 1 aliphatic heterocycles. The number of carbonyl (C=O) groups excluding carboxylic acids is 1. The van der Waals surface area contributed by atoms with Gasteiger partial charge in [0.05, 0.1) is 6.04 Å². The monoisotopic (exact) mass is 288 g/mol. The number of nitrogens with zero attached hydrogens (tertiary/aromatic N) is 2. The van der Waals surface area contributed by atoms with Crippen molar-refractivity contribution in [2.75, 3.05) is 11.9 Å². The standard InChI is InChI=1S/C15H17FN4O/c1-10(11-5-2-3-6-12(11)16)18-14(21)13-9-20-8-4-7-17-15(20)19-13/h2-3,5-6,9-10H,4,7-8H2,1H3,(H,17,19)(H,18,21). The molecule has 1 aromatic carbocycles.